The Hall–Kier alpha value is -0.0800. The molecule has 0 amide bonds. The van der Waals surface area contributed by atoms with E-state index in [0.717, 1.165) is 6.54 Å². The summed E-state index contributed by atoms with van der Waals surface area (Å²) in [4.78, 5) is 2.78. The van der Waals surface area contributed by atoms with E-state index in [1.54, 1.807) is 0 Å². The standard InChI is InChI=1S/C15H30N2/c16-14-15(10-6-2-3-7-11-15)17-12-8-4-1-5-9-13-17/h1-14,16H2. The van der Waals surface area contributed by atoms with Crippen molar-refractivity contribution in [2.45, 2.75) is 76.2 Å². The van der Waals surface area contributed by atoms with Crippen LogP contribution < -0.4 is 5.73 Å². The van der Waals surface area contributed by atoms with Crippen molar-refractivity contribution in [1.29, 1.82) is 0 Å². The third-order valence-electron chi connectivity index (χ3n) is 4.94. The van der Waals surface area contributed by atoms with Gasteiger partial charge in [-0.2, -0.15) is 0 Å². The molecule has 0 atom stereocenters. The first-order valence-corrected chi connectivity index (χ1v) is 7.82. The van der Waals surface area contributed by atoms with E-state index < -0.39 is 0 Å². The van der Waals surface area contributed by atoms with Crippen LogP contribution >= 0.6 is 0 Å². The van der Waals surface area contributed by atoms with Crippen molar-refractivity contribution >= 4 is 0 Å². The summed E-state index contributed by atoms with van der Waals surface area (Å²) in [7, 11) is 0. The minimum absolute atomic E-state index is 0.369. The second kappa shape index (κ2) is 6.75. The molecule has 1 aliphatic carbocycles. The normalized spacial score (nSPS) is 28.1. The molecule has 0 aromatic carbocycles. The Morgan fingerprint density at radius 1 is 0.706 bits per heavy atom. The van der Waals surface area contributed by atoms with Gasteiger partial charge in [0.1, 0.15) is 0 Å². The second-order valence-electron chi connectivity index (χ2n) is 6.10. The van der Waals surface area contributed by atoms with Crippen molar-refractivity contribution in [3.05, 3.63) is 0 Å². The summed E-state index contributed by atoms with van der Waals surface area (Å²) in [6, 6.07) is 0. The van der Waals surface area contributed by atoms with E-state index in [4.69, 9.17) is 5.73 Å². The fourth-order valence-corrected chi connectivity index (χ4v) is 3.76. The Morgan fingerprint density at radius 2 is 1.18 bits per heavy atom. The third kappa shape index (κ3) is 3.45. The summed E-state index contributed by atoms with van der Waals surface area (Å²) in [5, 5.41) is 0. The molecule has 0 radical (unpaired) electrons. The van der Waals surface area contributed by atoms with E-state index >= 15 is 0 Å². The summed E-state index contributed by atoms with van der Waals surface area (Å²) in [6.07, 6.45) is 15.4. The number of rotatable bonds is 2. The molecule has 2 nitrogen and oxygen atoms in total. The minimum Gasteiger partial charge on any atom is -0.329 e. The topological polar surface area (TPSA) is 29.3 Å². The fourth-order valence-electron chi connectivity index (χ4n) is 3.76. The Balaban J connectivity index is 2.02. The number of hydrogen-bond acceptors (Lipinski definition) is 2. The van der Waals surface area contributed by atoms with Gasteiger partial charge in [-0.15, -0.1) is 0 Å². The first kappa shape index (κ1) is 13.4. The number of nitrogens with two attached hydrogens (primary N) is 1. The molecule has 2 aliphatic rings. The van der Waals surface area contributed by atoms with Gasteiger partial charge >= 0.3 is 0 Å². The molecular formula is C15H30N2. The Kier molecular flexibility index (Phi) is 5.30. The van der Waals surface area contributed by atoms with E-state index in [1.807, 2.05) is 0 Å². The summed E-state index contributed by atoms with van der Waals surface area (Å²) >= 11 is 0. The van der Waals surface area contributed by atoms with Crippen molar-refractivity contribution in [3.63, 3.8) is 0 Å². The molecule has 17 heavy (non-hydrogen) atoms. The SMILES string of the molecule is NCC1(N2CCCCCCC2)CCCCCC1. The Bertz CT molecular complexity index is 199. The molecule has 100 valence electrons. The van der Waals surface area contributed by atoms with Gasteiger partial charge in [0, 0.05) is 12.1 Å². The van der Waals surface area contributed by atoms with Gasteiger partial charge in [0.05, 0.1) is 0 Å². The van der Waals surface area contributed by atoms with E-state index in [2.05, 4.69) is 4.90 Å². The molecule has 2 rings (SSSR count). The Labute approximate surface area is 107 Å². The zero-order valence-electron chi connectivity index (χ0n) is 11.4. The predicted molar refractivity (Wildman–Crippen MR) is 74.1 cm³/mol. The smallest absolute Gasteiger partial charge is 0.0331 e. The van der Waals surface area contributed by atoms with Crippen molar-refractivity contribution in [2.24, 2.45) is 5.73 Å². The molecule has 2 heteroatoms. The largest absolute Gasteiger partial charge is 0.329 e. The van der Waals surface area contributed by atoms with Gasteiger partial charge in [-0.1, -0.05) is 44.9 Å². The van der Waals surface area contributed by atoms with Crippen LogP contribution in [0.2, 0.25) is 0 Å². The molecule has 0 aromatic rings. The first-order chi connectivity index (χ1) is 8.37. The van der Waals surface area contributed by atoms with E-state index in [9.17, 15) is 0 Å². The molecule has 1 saturated heterocycles. The lowest BCUT2D eigenvalue weighted by Crippen LogP contribution is -2.54. The molecule has 1 aliphatic heterocycles. The third-order valence-corrected chi connectivity index (χ3v) is 4.94. The molecule has 0 spiro atoms. The highest BCUT2D eigenvalue weighted by atomic mass is 15.2. The van der Waals surface area contributed by atoms with Crippen molar-refractivity contribution in [2.75, 3.05) is 19.6 Å². The van der Waals surface area contributed by atoms with Crippen LogP contribution in [0, 0.1) is 0 Å². The highest BCUT2D eigenvalue weighted by molar-refractivity contribution is 4.93. The molecule has 0 unspecified atom stereocenters. The van der Waals surface area contributed by atoms with E-state index in [1.165, 1.54) is 83.7 Å². The molecule has 1 saturated carbocycles. The lowest BCUT2D eigenvalue weighted by molar-refractivity contribution is 0.0692. The molecule has 2 fully saturated rings. The quantitative estimate of drug-likeness (QED) is 0.748. The zero-order valence-corrected chi connectivity index (χ0v) is 11.4. The average molecular weight is 238 g/mol. The van der Waals surface area contributed by atoms with Crippen LogP contribution in [0.1, 0.15) is 70.6 Å². The number of hydrogen-bond donors (Lipinski definition) is 1. The molecular weight excluding hydrogens is 208 g/mol. The van der Waals surface area contributed by atoms with Gasteiger partial charge < -0.3 is 5.73 Å². The van der Waals surface area contributed by atoms with Crippen LogP contribution in [0.25, 0.3) is 0 Å². The van der Waals surface area contributed by atoms with E-state index in [0.29, 0.717) is 5.54 Å². The number of likely N-dealkylation sites (tertiary alicyclic amines) is 1. The van der Waals surface area contributed by atoms with Gasteiger partial charge in [0.2, 0.25) is 0 Å². The van der Waals surface area contributed by atoms with Crippen LogP contribution in [0.4, 0.5) is 0 Å². The van der Waals surface area contributed by atoms with E-state index in [-0.39, 0.29) is 0 Å². The molecule has 0 aromatic heterocycles. The van der Waals surface area contributed by atoms with Gasteiger partial charge in [-0.3, -0.25) is 4.90 Å². The summed E-state index contributed by atoms with van der Waals surface area (Å²) < 4.78 is 0. The Morgan fingerprint density at radius 3 is 1.71 bits per heavy atom. The molecule has 2 N–H and O–H groups in total. The number of nitrogens with zero attached hydrogens (tertiary/aromatic N) is 1. The molecule has 1 heterocycles. The summed E-state index contributed by atoms with van der Waals surface area (Å²) in [6.45, 7) is 3.49. The first-order valence-electron chi connectivity index (χ1n) is 7.82. The minimum atomic E-state index is 0.369. The summed E-state index contributed by atoms with van der Waals surface area (Å²) in [5.74, 6) is 0. The van der Waals surface area contributed by atoms with Crippen LogP contribution in [0.5, 0.6) is 0 Å². The van der Waals surface area contributed by atoms with Crippen LogP contribution in [-0.2, 0) is 0 Å². The van der Waals surface area contributed by atoms with Crippen LogP contribution in [0.15, 0.2) is 0 Å². The van der Waals surface area contributed by atoms with Gasteiger partial charge in [0.15, 0.2) is 0 Å². The predicted octanol–water partition coefficient (Wildman–Crippen LogP) is 3.30. The highest BCUT2D eigenvalue weighted by Gasteiger charge is 2.35. The van der Waals surface area contributed by atoms with Crippen LogP contribution in [0.3, 0.4) is 0 Å². The van der Waals surface area contributed by atoms with Gasteiger partial charge in [-0.05, 0) is 38.8 Å². The fraction of sp³-hybridized carbons (Fsp3) is 1.00. The van der Waals surface area contributed by atoms with Crippen LogP contribution in [-0.4, -0.2) is 30.1 Å². The highest BCUT2D eigenvalue weighted by Crippen LogP contribution is 2.33. The lowest BCUT2D eigenvalue weighted by Gasteiger charge is -2.44. The monoisotopic (exact) mass is 238 g/mol. The maximum Gasteiger partial charge on any atom is 0.0331 e. The maximum atomic E-state index is 6.19. The maximum absolute atomic E-state index is 6.19. The summed E-state index contributed by atoms with van der Waals surface area (Å²) in [5.41, 5.74) is 6.56. The van der Waals surface area contributed by atoms with Gasteiger partial charge in [-0.25, -0.2) is 0 Å². The zero-order chi connectivity index (χ0) is 12.0. The van der Waals surface area contributed by atoms with Crippen molar-refractivity contribution in [1.82, 2.24) is 4.90 Å². The lowest BCUT2D eigenvalue weighted by atomic mass is 9.87. The second-order valence-corrected chi connectivity index (χ2v) is 6.10. The average Bonchev–Trinajstić information content (AvgIpc) is 2.55. The van der Waals surface area contributed by atoms with Gasteiger partial charge in [0.25, 0.3) is 0 Å². The molecule has 0 bridgehead atoms. The van der Waals surface area contributed by atoms with Crippen molar-refractivity contribution in [3.8, 4) is 0 Å². The van der Waals surface area contributed by atoms with Crippen molar-refractivity contribution < 1.29 is 0 Å².